The summed E-state index contributed by atoms with van der Waals surface area (Å²) >= 11 is 0. The van der Waals surface area contributed by atoms with Crippen LogP contribution in [0.2, 0.25) is 0 Å². The molecule has 1 aromatic carbocycles. The average molecular weight is 439 g/mol. The molecule has 2 aromatic rings. The highest BCUT2D eigenvalue weighted by atomic mass is 16.5. The Bertz CT molecular complexity index is 900. The summed E-state index contributed by atoms with van der Waals surface area (Å²) in [5.74, 6) is 1.60. The number of piperazine rings is 2. The summed E-state index contributed by atoms with van der Waals surface area (Å²) in [7, 11) is 0. The van der Waals surface area contributed by atoms with Crippen molar-refractivity contribution in [3.63, 3.8) is 0 Å². The number of aromatic nitrogens is 2. The van der Waals surface area contributed by atoms with Crippen LogP contribution in [0, 0.1) is 0 Å². The van der Waals surface area contributed by atoms with E-state index in [1.54, 1.807) is 18.6 Å². The van der Waals surface area contributed by atoms with E-state index in [1.165, 1.54) is 0 Å². The Labute approximate surface area is 188 Å². The monoisotopic (exact) mass is 438 g/mol. The average Bonchev–Trinajstić information content (AvgIpc) is 2.83. The molecular formula is C23H30N6O3. The van der Waals surface area contributed by atoms with E-state index in [0.717, 1.165) is 23.7 Å². The van der Waals surface area contributed by atoms with Gasteiger partial charge in [-0.05, 0) is 24.6 Å². The van der Waals surface area contributed by atoms with Gasteiger partial charge in [-0.3, -0.25) is 19.5 Å². The van der Waals surface area contributed by atoms with Crippen molar-refractivity contribution >= 4 is 17.6 Å². The van der Waals surface area contributed by atoms with Crippen LogP contribution in [0.4, 0.5) is 5.82 Å². The van der Waals surface area contributed by atoms with Gasteiger partial charge in [0.2, 0.25) is 11.8 Å². The second-order valence-corrected chi connectivity index (χ2v) is 7.99. The van der Waals surface area contributed by atoms with Crippen LogP contribution >= 0.6 is 0 Å². The maximum atomic E-state index is 13.0. The van der Waals surface area contributed by atoms with Gasteiger partial charge in [-0.15, -0.1) is 0 Å². The summed E-state index contributed by atoms with van der Waals surface area (Å²) in [6.45, 7) is 7.16. The van der Waals surface area contributed by atoms with Gasteiger partial charge in [0, 0.05) is 58.2 Å². The summed E-state index contributed by atoms with van der Waals surface area (Å²) in [5, 5.41) is 2.92. The molecule has 170 valence electrons. The van der Waals surface area contributed by atoms with Crippen LogP contribution in [-0.2, 0) is 16.1 Å². The van der Waals surface area contributed by atoms with Crippen molar-refractivity contribution in [2.24, 2.45) is 0 Å². The highest BCUT2D eigenvalue weighted by Crippen LogP contribution is 2.19. The Balaban J connectivity index is 1.34. The molecular weight excluding hydrogens is 408 g/mol. The van der Waals surface area contributed by atoms with Crippen molar-refractivity contribution in [2.45, 2.75) is 25.9 Å². The van der Waals surface area contributed by atoms with Gasteiger partial charge in [0.1, 0.15) is 11.6 Å². The number of carbonyl (C=O) groups is 2. The number of amides is 2. The molecule has 0 aliphatic carbocycles. The van der Waals surface area contributed by atoms with Crippen molar-refractivity contribution in [3.05, 3.63) is 48.4 Å². The molecule has 2 aliphatic rings. The summed E-state index contributed by atoms with van der Waals surface area (Å²) in [6.07, 6.45) is 5.25. The first-order chi connectivity index (χ1) is 15.6. The molecule has 9 heteroatoms. The first-order valence-electron chi connectivity index (χ1n) is 11.2. The van der Waals surface area contributed by atoms with Crippen molar-refractivity contribution in [3.8, 4) is 5.75 Å². The second kappa shape index (κ2) is 10.4. The molecule has 4 rings (SSSR count). The predicted molar refractivity (Wildman–Crippen MR) is 120 cm³/mol. The minimum atomic E-state index is -0.458. The molecule has 3 heterocycles. The summed E-state index contributed by atoms with van der Waals surface area (Å²) in [4.78, 5) is 40.2. The molecule has 1 aromatic heterocycles. The Morgan fingerprint density at radius 2 is 1.91 bits per heavy atom. The number of hydrogen-bond acceptors (Lipinski definition) is 7. The maximum absolute atomic E-state index is 13.0. The Hall–Kier alpha value is -3.20. The lowest BCUT2D eigenvalue weighted by Crippen LogP contribution is -2.57. The fraction of sp³-hybridized carbons (Fsp3) is 0.478. The van der Waals surface area contributed by atoms with Crippen molar-refractivity contribution in [2.75, 3.05) is 50.8 Å². The van der Waals surface area contributed by atoms with Gasteiger partial charge < -0.3 is 19.9 Å². The number of nitrogens with zero attached hydrogens (tertiary/aromatic N) is 5. The van der Waals surface area contributed by atoms with E-state index in [4.69, 9.17) is 4.74 Å². The third kappa shape index (κ3) is 5.34. The zero-order valence-electron chi connectivity index (χ0n) is 18.4. The van der Waals surface area contributed by atoms with Crippen LogP contribution in [-0.4, -0.2) is 83.5 Å². The highest BCUT2D eigenvalue weighted by Gasteiger charge is 2.33. The molecule has 0 unspecified atom stereocenters. The Morgan fingerprint density at radius 1 is 1.12 bits per heavy atom. The van der Waals surface area contributed by atoms with Crippen LogP contribution < -0.4 is 15.0 Å². The number of benzene rings is 1. The molecule has 0 saturated carbocycles. The number of rotatable bonds is 7. The molecule has 0 bridgehead atoms. The van der Waals surface area contributed by atoms with Gasteiger partial charge in [0.15, 0.2) is 0 Å². The molecule has 1 N–H and O–H groups in total. The summed E-state index contributed by atoms with van der Waals surface area (Å²) in [5.41, 5.74) is 1.10. The molecule has 0 radical (unpaired) electrons. The van der Waals surface area contributed by atoms with E-state index in [9.17, 15) is 9.59 Å². The molecule has 1 atom stereocenters. The predicted octanol–water partition coefficient (Wildman–Crippen LogP) is 0.915. The number of nitrogens with one attached hydrogen (secondary N) is 1. The minimum Gasteiger partial charge on any atom is -0.494 e. The second-order valence-electron chi connectivity index (χ2n) is 7.99. The van der Waals surface area contributed by atoms with Gasteiger partial charge in [-0.25, -0.2) is 4.98 Å². The van der Waals surface area contributed by atoms with Gasteiger partial charge in [0.25, 0.3) is 0 Å². The van der Waals surface area contributed by atoms with E-state index in [2.05, 4.69) is 25.1 Å². The van der Waals surface area contributed by atoms with Gasteiger partial charge in [-0.1, -0.05) is 12.1 Å². The molecule has 32 heavy (non-hydrogen) atoms. The Kier molecular flexibility index (Phi) is 7.16. The van der Waals surface area contributed by atoms with Crippen LogP contribution in [0.25, 0.3) is 0 Å². The third-order valence-corrected chi connectivity index (χ3v) is 5.94. The van der Waals surface area contributed by atoms with Gasteiger partial charge in [0.05, 0.1) is 25.3 Å². The molecule has 2 saturated heterocycles. The smallest absolute Gasteiger partial charge is 0.237 e. The largest absolute Gasteiger partial charge is 0.494 e. The fourth-order valence-electron chi connectivity index (χ4n) is 4.20. The maximum Gasteiger partial charge on any atom is 0.237 e. The molecule has 0 spiro atoms. The zero-order chi connectivity index (χ0) is 22.3. The first-order valence-corrected chi connectivity index (χ1v) is 11.2. The Morgan fingerprint density at radius 3 is 2.59 bits per heavy atom. The van der Waals surface area contributed by atoms with Crippen molar-refractivity contribution in [1.29, 1.82) is 0 Å². The quantitative estimate of drug-likeness (QED) is 0.687. The summed E-state index contributed by atoms with van der Waals surface area (Å²) < 4.78 is 5.51. The van der Waals surface area contributed by atoms with Gasteiger partial charge in [-0.2, -0.15) is 0 Å². The van der Waals surface area contributed by atoms with E-state index < -0.39 is 6.04 Å². The fourth-order valence-corrected chi connectivity index (χ4v) is 4.20. The lowest BCUT2D eigenvalue weighted by Gasteiger charge is -2.38. The van der Waals surface area contributed by atoms with Crippen LogP contribution in [0.5, 0.6) is 5.75 Å². The van der Waals surface area contributed by atoms with Crippen molar-refractivity contribution < 1.29 is 14.3 Å². The van der Waals surface area contributed by atoms with E-state index in [0.29, 0.717) is 45.9 Å². The SMILES string of the molecule is CCOc1ccc(CN2CCNC(=O)[C@@H]2CC(=O)N2CCN(c3cnccn3)CC2)cc1. The van der Waals surface area contributed by atoms with Crippen molar-refractivity contribution in [1.82, 2.24) is 25.1 Å². The van der Waals surface area contributed by atoms with Crippen LogP contribution in [0.1, 0.15) is 18.9 Å². The van der Waals surface area contributed by atoms with Crippen LogP contribution in [0.15, 0.2) is 42.9 Å². The molecule has 2 fully saturated rings. The number of carbonyl (C=O) groups excluding carboxylic acids is 2. The third-order valence-electron chi connectivity index (χ3n) is 5.94. The lowest BCUT2D eigenvalue weighted by atomic mass is 10.1. The van der Waals surface area contributed by atoms with E-state index in [-0.39, 0.29) is 18.2 Å². The molecule has 2 amide bonds. The topological polar surface area (TPSA) is 90.9 Å². The van der Waals surface area contributed by atoms with Gasteiger partial charge >= 0.3 is 0 Å². The molecule has 2 aliphatic heterocycles. The number of hydrogen-bond donors (Lipinski definition) is 1. The summed E-state index contributed by atoms with van der Waals surface area (Å²) in [6, 6.07) is 7.46. The highest BCUT2D eigenvalue weighted by molar-refractivity contribution is 5.89. The first kappa shape index (κ1) is 22.0. The zero-order valence-corrected chi connectivity index (χ0v) is 18.4. The number of anilines is 1. The standard InChI is InChI=1S/C23H30N6O3/c1-2-32-19-5-3-18(4-6-19)17-29-10-9-26-23(31)20(29)15-22(30)28-13-11-27(12-14-28)21-16-24-7-8-25-21/h3-8,16,20H,2,9-15,17H2,1H3,(H,26,31)/t20-/m0/s1. The van der Waals surface area contributed by atoms with E-state index >= 15 is 0 Å². The van der Waals surface area contributed by atoms with E-state index in [1.807, 2.05) is 36.1 Å². The lowest BCUT2D eigenvalue weighted by molar-refractivity contribution is -0.139. The normalized spacial score (nSPS) is 19.5. The molecule has 9 nitrogen and oxygen atoms in total. The van der Waals surface area contributed by atoms with Crippen LogP contribution in [0.3, 0.4) is 0 Å². The number of ether oxygens (including phenoxy) is 1. The minimum absolute atomic E-state index is 0.0162.